The lowest BCUT2D eigenvalue weighted by molar-refractivity contribution is -0.137. The Balaban J connectivity index is 1.80. The molecule has 0 saturated heterocycles. The highest BCUT2D eigenvalue weighted by molar-refractivity contribution is 5.63. The first-order valence-electron chi connectivity index (χ1n) is 11.0. The lowest BCUT2D eigenvalue weighted by Gasteiger charge is -2.16. The van der Waals surface area contributed by atoms with E-state index >= 15 is 0 Å². The van der Waals surface area contributed by atoms with E-state index in [1.54, 1.807) is 30.3 Å². The Morgan fingerprint density at radius 1 is 1.00 bits per heavy atom. The van der Waals surface area contributed by atoms with Crippen LogP contribution in [0.2, 0.25) is 0 Å². The van der Waals surface area contributed by atoms with Crippen molar-refractivity contribution >= 4 is 23.1 Å². The number of hydrogen-bond donors (Lipinski definition) is 2. The third-order valence-corrected chi connectivity index (χ3v) is 4.80. The molecule has 0 aliphatic heterocycles. The van der Waals surface area contributed by atoms with E-state index in [9.17, 15) is 13.2 Å². The number of aromatic nitrogens is 2. The van der Waals surface area contributed by atoms with Gasteiger partial charge in [0.25, 0.3) is 0 Å². The third kappa shape index (κ3) is 7.37. The van der Waals surface area contributed by atoms with Crippen molar-refractivity contribution in [1.82, 2.24) is 9.97 Å². The molecule has 176 valence electrons. The average Bonchev–Trinajstić information content (AvgIpc) is 2.74. The van der Waals surface area contributed by atoms with Crippen molar-refractivity contribution in [2.24, 2.45) is 5.92 Å². The number of nitrogens with zero attached hydrogens (tertiary/aromatic N) is 2. The predicted molar refractivity (Wildman–Crippen MR) is 125 cm³/mol. The van der Waals surface area contributed by atoms with Crippen molar-refractivity contribution in [2.75, 3.05) is 17.2 Å². The number of ether oxygens (including phenoxy) is 1. The number of hydrogen-bond acceptors (Lipinski definition) is 5. The maximum atomic E-state index is 13.6. The van der Waals surface area contributed by atoms with Gasteiger partial charge in [0.15, 0.2) is 0 Å². The highest BCUT2D eigenvalue weighted by Gasteiger charge is 2.35. The topological polar surface area (TPSA) is 59.1 Å². The molecule has 0 atom stereocenters. The summed E-state index contributed by atoms with van der Waals surface area (Å²) in [5.41, 5.74) is 1.29. The molecule has 2 aromatic carbocycles. The number of alkyl halides is 3. The molecular formula is C25H29F3N4O. The van der Waals surface area contributed by atoms with Crippen LogP contribution in [-0.2, 0) is 12.6 Å². The summed E-state index contributed by atoms with van der Waals surface area (Å²) in [5, 5.41) is 5.78. The average molecular weight is 459 g/mol. The second-order valence-electron chi connectivity index (χ2n) is 8.23. The van der Waals surface area contributed by atoms with Crippen molar-refractivity contribution in [3.63, 3.8) is 0 Å². The van der Waals surface area contributed by atoms with Crippen LogP contribution in [0.1, 0.15) is 44.7 Å². The molecule has 0 unspecified atom stereocenters. The van der Waals surface area contributed by atoms with Gasteiger partial charge in [0, 0.05) is 17.6 Å². The molecule has 1 heterocycles. The molecule has 3 rings (SSSR count). The Morgan fingerprint density at radius 3 is 2.42 bits per heavy atom. The number of rotatable bonds is 10. The van der Waals surface area contributed by atoms with E-state index in [4.69, 9.17) is 4.74 Å². The molecule has 0 fully saturated rings. The second-order valence-corrected chi connectivity index (χ2v) is 8.23. The predicted octanol–water partition coefficient (Wildman–Crippen LogP) is 7.36. The Morgan fingerprint density at radius 2 is 1.76 bits per heavy atom. The van der Waals surface area contributed by atoms with Crippen LogP contribution in [0, 0.1) is 5.92 Å². The number of nitrogens with one attached hydrogen (secondary N) is 2. The van der Waals surface area contributed by atoms with E-state index in [0.29, 0.717) is 23.9 Å². The summed E-state index contributed by atoms with van der Waals surface area (Å²) in [7, 11) is 0. The van der Waals surface area contributed by atoms with E-state index in [-0.39, 0.29) is 11.8 Å². The van der Waals surface area contributed by atoms with E-state index in [2.05, 4.69) is 41.4 Å². The zero-order chi connectivity index (χ0) is 23.8. The van der Waals surface area contributed by atoms with Crippen LogP contribution >= 0.6 is 0 Å². The van der Waals surface area contributed by atoms with Gasteiger partial charge in [-0.1, -0.05) is 39.3 Å². The number of halogens is 3. The monoisotopic (exact) mass is 458 g/mol. The first-order chi connectivity index (χ1) is 15.7. The molecule has 5 nitrogen and oxygen atoms in total. The standard InChI is InChI=1S/C25H29F3N4O/c1-4-5-13-33-21-11-9-19(10-12-21)31-24-29-16-22(25(26,27)28)23(32-24)30-20-8-6-7-18(15-20)14-17(2)3/h6-12,15-17H,4-5,13-14H2,1-3H3,(H2,29,30,31,32). The van der Waals surface area contributed by atoms with Crippen molar-refractivity contribution in [1.29, 1.82) is 0 Å². The summed E-state index contributed by atoms with van der Waals surface area (Å²) in [6.45, 7) is 6.91. The summed E-state index contributed by atoms with van der Waals surface area (Å²) >= 11 is 0. The SMILES string of the molecule is CCCCOc1ccc(Nc2ncc(C(F)(F)F)c(Nc3cccc(CC(C)C)c3)n2)cc1. The molecule has 8 heteroatoms. The minimum absolute atomic E-state index is 0.0588. The van der Waals surface area contributed by atoms with Gasteiger partial charge < -0.3 is 15.4 Å². The Hall–Kier alpha value is -3.29. The van der Waals surface area contributed by atoms with E-state index in [1.165, 1.54) is 0 Å². The zero-order valence-corrected chi connectivity index (χ0v) is 19.0. The molecule has 0 bridgehead atoms. The van der Waals surface area contributed by atoms with Crippen LogP contribution in [-0.4, -0.2) is 16.6 Å². The summed E-state index contributed by atoms with van der Waals surface area (Å²) in [5.74, 6) is 0.917. The van der Waals surface area contributed by atoms with Gasteiger partial charge in [0.05, 0.1) is 6.61 Å². The van der Waals surface area contributed by atoms with E-state index in [0.717, 1.165) is 36.8 Å². The first kappa shape index (κ1) is 24.4. The molecule has 0 amide bonds. The normalized spacial score (nSPS) is 11.5. The van der Waals surface area contributed by atoms with Crippen molar-refractivity contribution in [2.45, 2.75) is 46.2 Å². The molecule has 0 aliphatic rings. The van der Waals surface area contributed by atoms with E-state index in [1.807, 2.05) is 18.2 Å². The smallest absolute Gasteiger partial charge is 0.421 e. The van der Waals surface area contributed by atoms with Crippen molar-refractivity contribution < 1.29 is 17.9 Å². The van der Waals surface area contributed by atoms with E-state index < -0.39 is 11.7 Å². The van der Waals surface area contributed by atoms with Gasteiger partial charge in [-0.3, -0.25) is 0 Å². The molecule has 0 aliphatic carbocycles. The van der Waals surface area contributed by atoms with Crippen LogP contribution in [0.4, 0.5) is 36.3 Å². The Labute approximate surface area is 192 Å². The summed E-state index contributed by atoms with van der Waals surface area (Å²) in [6.07, 6.45) is -0.957. The fourth-order valence-electron chi connectivity index (χ4n) is 3.23. The zero-order valence-electron chi connectivity index (χ0n) is 19.0. The molecule has 1 aromatic heterocycles. The Kier molecular flexibility index (Phi) is 8.14. The first-order valence-corrected chi connectivity index (χ1v) is 11.0. The summed E-state index contributed by atoms with van der Waals surface area (Å²) in [6, 6.07) is 14.5. The minimum Gasteiger partial charge on any atom is -0.494 e. The molecular weight excluding hydrogens is 429 g/mol. The van der Waals surface area contributed by atoms with Gasteiger partial charge in [0.2, 0.25) is 5.95 Å². The molecule has 0 saturated carbocycles. The minimum atomic E-state index is -4.59. The third-order valence-electron chi connectivity index (χ3n) is 4.80. The van der Waals surface area contributed by atoms with Crippen LogP contribution in [0.5, 0.6) is 5.75 Å². The number of benzene rings is 2. The van der Waals surface area contributed by atoms with Crippen molar-refractivity contribution in [3.8, 4) is 5.75 Å². The fourth-order valence-corrected chi connectivity index (χ4v) is 3.23. The molecule has 3 aromatic rings. The molecule has 0 spiro atoms. The number of unbranched alkanes of at least 4 members (excludes halogenated alkanes) is 1. The molecule has 33 heavy (non-hydrogen) atoms. The Bertz CT molecular complexity index is 1040. The van der Waals surface area contributed by atoms with Gasteiger partial charge in [0.1, 0.15) is 17.1 Å². The highest BCUT2D eigenvalue weighted by Crippen LogP contribution is 2.35. The van der Waals surface area contributed by atoms with Crippen LogP contribution < -0.4 is 15.4 Å². The lowest BCUT2D eigenvalue weighted by atomic mass is 10.0. The maximum absolute atomic E-state index is 13.6. The lowest BCUT2D eigenvalue weighted by Crippen LogP contribution is -2.12. The van der Waals surface area contributed by atoms with Crippen LogP contribution in [0.3, 0.4) is 0 Å². The highest BCUT2D eigenvalue weighted by atomic mass is 19.4. The van der Waals surface area contributed by atoms with Gasteiger partial charge in [-0.05, 0) is 60.7 Å². The van der Waals surface area contributed by atoms with Crippen LogP contribution in [0.15, 0.2) is 54.7 Å². The second kappa shape index (κ2) is 11.0. The van der Waals surface area contributed by atoms with Gasteiger partial charge >= 0.3 is 6.18 Å². The molecule has 0 radical (unpaired) electrons. The summed E-state index contributed by atoms with van der Waals surface area (Å²) in [4.78, 5) is 7.99. The molecule has 2 N–H and O–H groups in total. The maximum Gasteiger partial charge on any atom is 0.421 e. The summed E-state index contributed by atoms with van der Waals surface area (Å²) < 4.78 is 46.4. The number of anilines is 4. The fraction of sp³-hybridized carbons (Fsp3) is 0.360. The van der Waals surface area contributed by atoms with Gasteiger partial charge in [-0.25, -0.2) is 4.98 Å². The quantitative estimate of drug-likeness (QED) is 0.311. The van der Waals surface area contributed by atoms with Gasteiger partial charge in [-0.15, -0.1) is 0 Å². The largest absolute Gasteiger partial charge is 0.494 e. The van der Waals surface area contributed by atoms with Gasteiger partial charge in [-0.2, -0.15) is 18.2 Å². The van der Waals surface area contributed by atoms with Crippen molar-refractivity contribution in [3.05, 3.63) is 65.9 Å². The van der Waals surface area contributed by atoms with Crippen LogP contribution in [0.25, 0.3) is 0 Å².